The average molecular weight is 320 g/mol. The van der Waals surface area contributed by atoms with E-state index in [9.17, 15) is 10.2 Å². The molecule has 0 radical (unpaired) electrons. The fourth-order valence-corrected chi connectivity index (χ4v) is 5.99. The quantitative estimate of drug-likeness (QED) is 0.861. The van der Waals surface area contributed by atoms with Crippen molar-refractivity contribution in [2.45, 2.75) is 58.8 Å². The Bertz CT molecular complexity index is 497. The summed E-state index contributed by atoms with van der Waals surface area (Å²) in [7, 11) is 0. The highest BCUT2D eigenvalue weighted by atomic mass is 16.3. The first-order valence-electron chi connectivity index (χ1n) is 9.26. The Hall–Kier alpha value is -0.800. The minimum absolute atomic E-state index is 0.0569. The van der Waals surface area contributed by atoms with E-state index in [2.05, 4.69) is 19.9 Å². The van der Waals surface area contributed by atoms with Crippen LogP contribution in [0, 0.1) is 28.6 Å². The lowest BCUT2D eigenvalue weighted by Gasteiger charge is -2.60. The molecule has 0 saturated heterocycles. The van der Waals surface area contributed by atoms with Gasteiger partial charge >= 0.3 is 0 Å². The van der Waals surface area contributed by atoms with Gasteiger partial charge in [0.25, 0.3) is 0 Å². The van der Waals surface area contributed by atoms with Crippen LogP contribution in [-0.2, 0) is 6.42 Å². The van der Waals surface area contributed by atoms with Gasteiger partial charge in [-0.15, -0.1) is 0 Å². The molecule has 2 N–H and O–H groups in total. The average Bonchev–Trinajstić information content (AvgIpc) is 3.06. The van der Waals surface area contributed by atoms with E-state index in [1.54, 1.807) is 6.26 Å². The third-order valence-electron chi connectivity index (χ3n) is 7.26. The van der Waals surface area contributed by atoms with Crippen LogP contribution in [0.2, 0.25) is 0 Å². The van der Waals surface area contributed by atoms with Gasteiger partial charge in [-0.3, -0.25) is 0 Å². The van der Waals surface area contributed by atoms with Gasteiger partial charge in [-0.25, -0.2) is 0 Å². The molecule has 2 saturated carbocycles. The third kappa shape index (κ3) is 2.98. The summed E-state index contributed by atoms with van der Waals surface area (Å²) in [6.45, 7) is 5.31. The van der Waals surface area contributed by atoms with E-state index >= 15 is 0 Å². The molecule has 0 unspecified atom stereocenters. The second-order valence-electron chi connectivity index (χ2n) is 8.52. The van der Waals surface area contributed by atoms with Gasteiger partial charge < -0.3 is 14.6 Å². The Labute approximate surface area is 140 Å². The molecule has 0 spiro atoms. The topological polar surface area (TPSA) is 53.6 Å². The minimum Gasteiger partial charge on any atom is -0.472 e. The summed E-state index contributed by atoms with van der Waals surface area (Å²) >= 11 is 0. The number of aliphatic hydroxyl groups excluding tert-OH is 2. The fraction of sp³-hybridized carbons (Fsp3) is 0.800. The lowest BCUT2D eigenvalue weighted by Crippen LogP contribution is -2.54. The molecule has 3 rings (SSSR count). The second kappa shape index (κ2) is 6.60. The van der Waals surface area contributed by atoms with Crippen LogP contribution in [0.4, 0.5) is 0 Å². The summed E-state index contributed by atoms with van der Waals surface area (Å²) in [5.74, 6) is 1.52. The van der Waals surface area contributed by atoms with Gasteiger partial charge in [0.15, 0.2) is 0 Å². The first-order chi connectivity index (χ1) is 11.0. The van der Waals surface area contributed by atoms with Crippen LogP contribution in [0.3, 0.4) is 0 Å². The summed E-state index contributed by atoms with van der Waals surface area (Å²) in [5, 5.41) is 20.0. The Balaban J connectivity index is 1.83. The number of fused-ring (bicyclic) bond motifs is 1. The van der Waals surface area contributed by atoms with Crippen molar-refractivity contribution < 1.29 is 14.6 Å². The number of rotatable bonds is 5. The van der Waals surface area contributed by atoms with Gasteiger partial charge in [0.05, 0.1) is 12.5 Å². The Morgan fingerprint density at radius 2 is 2.04 bits per heavy atom. The van der Waals surface area contributed by atoms with Gasteiger partial charge in [-0.1, -0.05) is 20.3 Å². The Morgan fingerprint density at radius 1 is 1.22 bits per heavy atom. The molecular formula is C20H32O3. The van der Waals surface area contributed by atoms with Crippen molar-refractivity contribution in [1.29, 1.82) is 0 Å². The first kappa shape index (κ1) is 17.0. The van der Waals surface area contributed by atoms with Crippen molar-refractivity contribution in [2.75, 3.05) is 13.2 Å². The molecule has 3 nitrogen and oxygen atoms in total. The molecular weight excluding hydrogens is 288 g/mol. The normalized spacial score (nSPS) is 40.8. The van der Waals surface area contributed by atoms with Crippen molar-refractivity contribution in [2.24, 2.45) is 28.6 Å². The second-order valence-corrected chi connectivity index (χ2v) is 8.52. The minimum atomic E-state index is 0.0569. The van der Waals surface area contributed by atoms with E-state index in [1.165, 1.54) is 18.4 Å². The van der Waals surface area contributed by atoms with Crippen LogP contribution < -0.4 is 0 Å². The van der Waals surface area contributed by atoms with Crippen molar-refractivity contribution in [1.82, 2.24) is 0 Å². The van der Waals surface area contributed by atoms with Crippen molar-refractivity contribution in [3.8, 4) is 0 Å². The molecule has 2 aliphatic carbocycles. The first-order valence-corrected chi connectivity index (χ1v) is 9.26. The molecule has 0 aliphatic heterocycles. The van der Waals surface area contributed by atoms with Gasteiger partial charge in [-0.2, -0.15) is 0 Å². The highest BCUT2D eigenvalue weighted by Gasteiger charge is 2.55. The van der Waals surface area contributed by atoms with Crippen molar-refractivity contribution >= 4 is 0 Å². The summed E-state index contributed by atoms with van der Waals surface area (Å²) in [5.41, 5.74) is 1.56. The van der Waals surface area contributed by atoms with Gasteiger partial charge in [0.1, 0.15) is 0 Å². The lowest BCUT2D eigenvalue weighted by atomic mass is 9.45. The molecule has 23 heavy (non-hydrogen) atoms. The number of hydrogen-bond donors (Lipinski definition) is 2. The lowest BCUT2D eigenvalue weighted by molar-refractivity contribution is -0.128. The maximum atomic E-state index is 10.0. The molecule has 5 atom stereocenters. The summed E-state index contributed by atoms with van der Waals surface area (Å²) in [4.78, 5) is 0. The highest BCUT2D eigenvalue weighted by molar-refractivity contribution is 5.08. The maximum Gasteiger partial charge on any atom is 0.0934 e. The number of hydrogen-bond acceptors (Lipinski definition) is 3. The molecule has 0 aromatic carbocycles. The predicted molar refractivity (Wildman–Crippen MR) is 91.0 cm³/mol. The Kier molecular flexibility index (Phi) is 4.89. The Morgan fingerprint density at radius 3 is 2.70 bits per heavy atom. The van der Waals surface area contributed by atoms with E-state index < -0.39 is 0 Å². The van der Waals surface area contributed by atoms with Crippen LogP contribution >= 0.6 is 0 Å². The molecule has 130 valence electrons. The molecule has 1 aromatic rings. The van der Waals surface area contributed by atoms with E-state index in [4.69, 9.17) is 4.42 Å². The molecule has 1 aromatic heterocycles. The van der Waals surface area contributed by atoms with E-state index in [0.717, 1.165) is 32.1 Å². The third-order valence-corrected chi connectivity index (χ3v) is 7.26. The number of furan rings is 1. The smallest absolute Gasteiger partial charge is 0.0934 e. The molecule has 3 heteroatoms. The van der Waals surface area contributed by atoms with Crippen LogP contribution in [-0.4, -0.2) is 23.4 Å². The molecule has 2 fully saturated rings. The van der Waals surface area contributed by atoms with Crippen molar-refractivity contribution in [3.05, 3.63) is 24.2 Å². The molecule has 0 bridgehead atoms. The van der Waals surface area contributed by atoms with E-state index in [0.29, 0.717) is 31.0 Å². The van der Waals surface area contributed by atoms with E-state index in [1.807, 2.05) is 6.26 Å². The van der Waals surface area contributed by atoms with Gasteiger partial charge in [0, 0.05) is 13.2 Å². The van der Waals surface area contributed by atoms with Gasteiger partial charge in [0.2, 0.25) is 0 Å². The monoisotopic (exact) mass is 320 g/mol. The summed E-state index contributed by atoms with van der Waals surface area (Å²) in [6.07, 6.45) is 11.5. The molecule has 2 aliphatic rings. The zero-order chi connectivity index (χ0) is 16.5. The summed E-state index contributed by atoms with van der Waals surface area (Å²) < 4.78 is 5.21. The molecule has 0 amide bonds. The van der Waals surface area contributed by atoms with Crippen LogP contribution in [0.15, 0.2) is 23.0 Å². The largest absolute Gasteiger partial charge is 0.472 e. The van der Waals surface area contributed by atoms with Crippen molar-refractivity contribution in [3.63, 3.8) is 0 Å². The van der Waals surface area contributed by atoms with Gasteiger partial charge in [-0.05, 0) is 78.7 Å². The standard InChI is InChI=1S/C20H32O3/c1-19(14-22)9-3-10-20(2)17(6-4-15-8-11-23-13-15)16(12-21)5-7-18(19)20/h8,11,13,16-18,21-22H,3-7,9-10,12,14H2,1-2H3/t16-,17-,18-,19+,20-/m1/s1. The summed E-state index contributed by atoms with van der Waals surface area (Å²) in [6, 6.07) is 2.05. The zero-order valence-electron chi connectivity index (χ0n) is 14.6. The predicted octanol–water partition coefficient (Wildman–Crippen LogP) is 4.04. The number of aryl methyl sites for hydroxylation is 1. The van der Waals surface area contributed by atoms with E-state index in [-0.39, 0.29) is 10.8 Å². The van der Waals surface area contributed by atoms with Crippen LogP contribution in [0.5, 0.6) is 0 Å². The fourth-order valence-electron chi connectivity index (χ4n) is 5.99. The zero-order valence-corrected chi connectivity index (χ0v) is 14.6. The highest BCUT2D eigenvalue weighted by Crippen LogP contribution is 2.61. The number of aliphatic hydroxyl groups is 2. The molecule has 1 heterocycles. The van der Waals surface area contributed by atoms with Crippen LogP contribution in [0.25, 0.3) is 0 Å². The van der Waals surface area contributed by atoms with Crippen LogP contribution in [0.1, 0.15) is 57.9 Å². The maximum absolute atomic E-state index is 10.0. The SMILES string of the molecule is C[C@@]1(CO)CCC[C@]2(C)[C@H](CCc3ccoc3)[C@@H](CO)CC[C@H]12.